The molecule has 546 valence electrons. The minimum absolute atomic E-state index is 0.237. The third-order valence-corrected chi connectivity index (χ3v) is 12.2. The van der Waals surface area contributed by atoms with Gasteiger partial charge in [-0.25, -0.2) is 0 Å². The molecule has 0 spiro atoms. The van der Waals surface area contributed by atoms with Crippen molar-refractivity contribution in [2.24, 2.45) is 0 Å². The molecule has 0 bridgehead atoms. The average molecular weight is 1330 g/mol. The normalized spacial score (nSPS) is 11.7. The summed E-state index contributed by atoms with van der Waals surface area (Å²) in [6, 6.07) is 0. The van der Waals surface area contributed by atoms with Gasteiger partial charge in [-0.3, -0.25) is 4.79 Å². The Balaban J connectivity index is 3.09. The van der Waals surface area contributed by atoms with Crippen molar-refractivity contribution in [2.75, 3.05) is 337 Å². The van der Waals surface area contributed by atoms with Crippen LogP contribution in [0.4, 0.5) is 0 Å². The molecule has 0 aliphatic rings. The number of ether oxygens (including phenoxy) is 26. The molecule has 0 aromatic rings. The molecular formula is C64H128O27. The summed E-state index contributed by atoms with van der Waals surface area (Å²) >= 11 is 0. The molecule has 0 rings (SSSR count). The van der Waals surface area contributed by atoms with E-state index in [0.717, 1.165) is 13.0 Å². The van der Waals surface area contributed by atoms with Gasteiger partial charge in [0.1, 0.15) is 0 Å². The van der Waals surface area contributed by atoms with Crippen molar-refractivity contribution in [3.63, 3.8) is 0 Å². The van der Waals surface area contributed by atoms with Gasteiger partial charge in [-0.15, -0.1) is 0 Å². The minimum Gasteiger partial charge on any atom is -0.469 e. The van der Waals surface area contributed by atoms with Crippen LogP contribution in [0.2, 0.25) is 0 Å². The molecule has 0 aromatic carbocycles. The topological polar surface area (TPSA) is 257 Å². The van der Waals surface area contributed by atoms with Gasteiger partial charge in [-0.2, -0.15) is 0 Å². The number of unbranched alkanes of at least 4 members (excludes halogenated alkanes) is 9. The number of esters is 1. The summed E-state index contributed by atoms with van der Waals surface area (Å²) in [5, 5.41) is 0. The summed E-state index contributed by atoms with van der Waals surface area (Å²) in [4.78, 5) is 11.0. The first-order valence-corrected chi connectivity index (χ1v) is 33.8. The zero-order chi connectivity index (χ0) is 65.1. The molecule has 0 heterocycles. The number of rotatable bonds is 86. The van der Waals surface area contributed by atoms with Gasteiger partial charge in [-0.1, -0.05) is 64.7 Å². The van der Waals surface area contributed by atoms with Crippen LogP contribution in [0.3, 0.4) is 0 Å². The van der Waals surface area contributed by atoms with Crippen LogP contribution >= 0.6 is 0 Å². The molecule has 0 saturated carbocycles. The number of carbonyl (C=O) groups is 1. The SMILES string of the molecule is CCCCCCCCCCCCOCCOCCOCCOCCOCCOCCOCCOCCOCCOCCOCCOCCOCCOCCOCCOCCOCCOCCOCCOCCOCCOCCOCCOCCOCCC(=O)OC. The molecule has 0 radical (unpaired) electrons. The fraction of sp³-hybridized carbons (Fsp3) is 0.984. The Bertz CT molecular complexity index is 1290. The van der Waals surface area contributed by atoms with Crippen LogP contribution in [-0.2, 0) is 128 Å². The zero-order valence-corrected chi connectivity index (χ0v) is 56.7. The van der Waals surface area contributed by atoms with Gasteiger partial charge in [0.25, 0.3) is 0 Å². The van der Waals surface area contributed by atoms with Crippen LogP contribution in [0.25, 0.3) is 0 Å². The van der Waals surface area contributed by atoms with Crippen LogP contribution in [0.15, 0.2) is 0 Å². The van der Waals surface area contributed by atoms with Crippen molar-refractivity contribution in [2.45, 2.75) is 77.6 Å². The predicted molar refractivity (Wildman–Crippen MR) is 339 cm³/mol. The average Bonchev–Trinajstić information content (AvgIpc) is 3.56. The molecule has 0 aliphatic carbocycles. The summed E-state index contributed by atoms with van der Waals surface area (Å²) in [6.45, 7) is 27.1. The van der Waals surface area contributed by atoms with Gasteiger partial charge in [-0.05, 0) is 6.42 Å². The van der Waals surface area contributed by atoms with E-state index in [1.54, 1.807) is 0 Å². The highest BCUT2D eigenvalue weighted by atomic mass is 16.6. The fourth-order valence-corrected chi connectivity index (χ4v) is 7.33. The van der Waals surface area contributed by atoms with Crippen molar-refractivity contribution in [3.05, 3.63) is 0 Å². The minimum atomic E-state index is -0.291. The van der Waals surface area contributed by atoms with Crippen molar-refractivity contribution in [3.8, 4) is 0 Å². The summed E-state index contributed by atoms with van der Waals surface area (Å²) < 4.78 is 142. The first kappa shape index (κ1) is 89.5. The van der Waals surface area contributed by atoms with Crippen molar-refractivity contribution >= 4 is 5.97 Å². The lowest BCUT2D eigenvalue weighted by Crippen LogP contribution is -2.16. The molecule has 0 unspecified atom stereocenters. The maximum Gasteiger partial charge on any atom is 0.307 e. The standard InChI is InChI=1S/C64H128O27/c1-3-4-5-6-7-8-9-10-11-12-14-67-16-18-69-20-22-71-24-26-73-28-30-75-32-34-77-36-38-79-40-42-81-44-46-83-48-50-85-52-54-87-56-58-89-60-62-91-63-61-90-59-57-88-55-53-86-51-49-84-47-45-82-43-41-80-39-37-78-35-33-76-31-29-74-27-25-72-23-21-70-19-17-68-15-13-64(65)66-2/h3-63H2,1-2H3. The highest BCUT2D eigenvalue weighted by molar-refractivity contribution is 5.69. The van der Waals surface area contributed by atoms with E-state index in [1.165, 1.54) is 64.9 Å². The second-order valence-corrected chi connectivity index (χ2v) is 19.8. The number of carbonyl (C=O) groups excluding carboxylic acids is 1. The molecule has 0 amide bonds. The molecule has 0 saturated heterocycles. The van der Waals surface area contributed by atoms with E-state index < -0.39 is 0 Å². The second-order valence-electron chi connectivity index (χ2n) is 19.8. The van der Waals surface area contributed by atoms with Gasteiger partial charge in [0.15, 0.2) is 0 Å². The summed E-state index contributed by atoms with van der Waals surface area (Å²) in [5.74, 6) is -0.291. The van der Waals surface area contributed by atoms with E-state index in [1.807, 2.05) is 0 Å². The van der Waals surface area contributed by atoms with Crippen LogP contribution in [0.1, 0.15) is 77.6 Å². The van der Waals surface area contributed by atoms with Crippen LogP contribution < -0.4 is 0 Å². The van der Waals surface area contributed by atoms with E-state index in [4.69, 9.17) is 118 Å². The highest BCUT2D eigenvalue weighted by Crippen LogP contribution is 2.10. The lowest BCUT2D eigenvalue weighted by atomic mass is 10.1. The van der Waals surface area contributed by atoms with Gasteiger partial charge in [0.05, 0.1) is 337 Å². The fourth-order valence-electron chi connectivity index (χ4n) is 7.33. The maximum absolute atomic E-state index is 11.0. The molecule has 0 N–H and O–H groups in total. The summed E-state index contributed by atoms with van der Waals surface area (Å²) in [5.41, 5.74) is 0. The first-order chi connectivity index (χ1) is 45.3. The van der Waals surface area contributed by atoms with Gasteiger partial charge in [0.2, 0.25) is 0 Å². The number of hydrogen-bond acceptors (Lipinski definition) is 27. The maximum atomic E-state index is 11.0. The molecule has 0 fully saturated rings. The molecule has 27 nitrogen and oxygen atoms in total. The van der Waals surface area contributed by atoms with Crippen molar-refractivity contribution in [1.29, 1.82) is 0 Å². The van der Waals surface area contributed by atoms with Crippen molar-refractivity contribution in [1.82, 2.24) is 0 Å². The Morgan fingerprint density at radius 2 is 0.286 bits per heavy atom. The van der Waals surface area contributed by atoms with Crippen LogP contribution in [-0.4, -0.2) is 343 Å². The van der Waals surface area contributed by atoms with Gasteiger partial charge in [0, 0.05) is 6.61 Å². The molecule has 0 atom stereocenters. The Morgan fingerprint density at radius 3 is 0.429 bits per heavy atom. The smallest absolute Gasteiger partial charge is 0.307 e. The largest absolute Gasteiger partial charge is 0.469 e. The Kier molecular flexibility index (Phi) is 85.0. The first-order valence-electron chi connectivity index (χ1n) is 33.8. The summed E-state index contributed by atoms with van der Waals surface area (Å²) in [6.07, 6.45) is 13.6. The highest BCUT2D eigenvalue weighted by Gasteiger charge is 2.03. The molecule has 0 aromatic heterocycles. The lowest BCUT2D eigenvalue weighted by Gasteiger charge is -2.09. The number of hydrogen-bond donors (Lipinski definition) is 0. The van der Waals surface area contributed by atoms with Crippen molar-refractivity contribution < 1.29 is 128 Å². The predicted octanol–water partition coefficient (Wildman–Crippen LogP) is 4.89. The Morgan fingerprint density at radius 1 is 0.165 bits per heavy atom. The lowest BCUT2D eigenvalue weighted by molar-refractivity contribution is -0.141. The van der Waals surface area contributed by atoms with E-state index in [2.05, 4.69) is 11.7 Å². The Labute approximate surface area is 547 Å². The molecule has 27 heteroatoms. The Hall–Kier alpha value is -1.53. The van der Waals surface area contributed by atoms with Crippen LogP contribution in [0.5, 0.6) is 0 Å². The summed E-state index contributed by atoms with van der Waals surface area (Å²) in [7, 11) is 1.35. The third kappa shape index (κ3) is 86.5. The quantitative estimate of drug-likeness (QED) is 0.0580. The van der Waals surface area contributed by atoms with E-state index >= 15 is 0 Å². The molecular weight excluding hydrogens is 1200 g/mol. The second kappa shape index (κ2) is 86.5. The molecule has 91 heavy (non-hydrogen) atoms. The van der Waals surface area contributed by atoms with E-state index in [0.29, 0.717) is 324 Å². The van der Waals surface area contributed by atoms with Gasteiger partial charge < -0.3 is 123 Å². The van der Waals surface area contributed by atoms with Gasteiger partial charge >= 0.3 is 5.97 Å². The monoisotopic (exact) mass is 1330 g/mol. The van der Waals surface area contributed by atoms with E-state index in [-0.39, 0.29) is 12.4 Å². The number of methoxy groups -OCH3 is 1. The van der Waals surface area contributed by atoms with E-state index in [9.17, 15) is 4.79 Å². The third-order valence-electron chi connectivity index (χ3n) is 12.2. The van der Waals surface area contributed by atoms with Crippen LogP contribution in [0, 0.1) is 0 Å². The molecule has 0 aliphatic heterocycles. The zero-order valence-electron chi connectivity index (χ0n) is 56.7.